The summed E-state index contributed by atoms with van der Waals surface area (Å²) in [6.45, 7) is -0.233. The van der Waals surface area contributed by atoms with E-state index in [1.807, 2.05) is 0 Å². The lowest BCUT2D eigenvalue weighted by molar-refractivity contribution is -0.117. The predicted octanol–water partition coefficient (Wildman–Crippen LogP) is -0.192. The fourth-order valence-electron chi connectivity index (χ4n) is 1.42. The first-order valence-electron chi connectivity index (χ1n) is 4.76. The maximum absolute atomic E-state index is 10.9. The number of halogens is 1. The number of nitrogen functional groups attached to an aromatic ring is 1. The molecule has 0 radical (unpaired) electrons. The molecule has 0 aliphatic carbocycles. The van der Waals surface area contributed by atoms with E-state index >= 15 is 0 Å². The number of benzene rings is 1. The standard InChI is InChI=1S/C10H13BrN4O2/c11-6-1-2-8(7(12)3-6)15(4-9(13)16)5-10(14)17/h1-3H,4-5,12H2,(H2,13,16)(H2,14,17). The van der Waals surface area contributed by atoms with Crippen LogP contribution in [0.2, 0.25) is 0 Å². The highest BCUT2D eigenvalue weighted by atomic mass is 79.9. The summed E-state index contributed by atoms with van der Waals surface area (Å²) in [4.78, 5) is 23.3. The quantitative estimate of drug-likeness (QED) is 0.654. The van der Waals surface area contributed by atoms with Crippen LogP contribution < -0.4 is 22.1 Å². The summed E-state index contributed by atoms with van der Waals surface area (Å²) in [7, 11) is 0. The Labute approximate surface area is 107 Å². The zero-order valence-corrected chi connectivity index (χ0v) is 10.6. The van der Waals surface area contributed by atoms with E-state index in [0.717, 1.165) is 4.47 Å². The van der Waals surface area contributed by atoms with Gasteiger partial charge in [0.25, 0.3) is 0 Å². The zero-order valence-electron chi connectivity index (χ0n) is 9.02. The molecule has 1 aromatic carbocycles. The van der Waals surface area contributed by atoms with E-state index in [4.69, 9.17) is 17.2 Å². The Hall–Kier alpha value is -1.76. The van der Waals surface area contributed by atoms with Crippen molar-refractivity contribution in [3.05, 3.63) is 22.7 Å². The molecular formula is C10H13BrN4O2. The van der Waals surface area contributed by atoms with Crippen molar-refractivity contribution in [2.24, 2.45) is 11.5 Å². The molecule has 7 heteroatoms. The van der Waals surface area contributed by atoms with Crippen LogP contribution in [0.3, 0.4) is 0 Å². The summed E-state index contributed by atoms with van der Waals surface area (Å²) < 4.78 is 0.803. The van der Waals surface area contributed by atoms with Crippen molar-refractivity contribution in [2.75, 3.05) is 23.7 Å². The van der Waals surface area contributed by atoms with Crippen molar-refractivity contribution >= 4 is 39.1 Å². The summed E-state index contributed by atoms with van der Waals surface area (Å²) in [5.74, 6) is -1.12. The van der Waals surface area contributed by atoms with Crippen LogP contribution in [0.5, 0.6) is 0 Å². The molecule has 0 aromatic heterocycles. The molecule has 0 fully saturated rings. The highest BCUT2D eigenvalue weighted by Crippen LogP contribution is 2.26. The van der Waals surface area contributed by atoms with Crippen LogP contribution >= 0.6 is 15.9 Å². The van der Waals surface area contributed by atoms with Gasteiger partial charge in [0.1, 0.15) is 0 Å². The normalized spacial score (nSPS) is 9.94. The molecule has 0 saturated carbocycles. The van der Waals surface area contributed by atoms with Crippen molar-refractivity contribution in [1.82, 2.24) is 0 Å². The van der Waals surface area contributed by atoms with E-state index in [-0.39, 0.29) is 13.1 Å². The van der Waals surface area contributed by atoms with E-state index in [9.17, 15) is 9.59 Å². The van der Waals surface area contributed by atoms with Gasteiger partial charge in [-0.25, -0.2) is 0 Å². The van der Waals surface area contributed by atoms with E-state index in [1.165, 1.54) is 4.90 Å². The number of nitrogens with two attached hydrogens (primary N) is 3. The third kappa shape index (κ3) is 3.95. The van der Waals surface area contributed by atoms with Crippen molar-refractivity contribution in [2.45, 2.75) is 0 Å². The number of amides is 2. The second-order valence-corrected chi connectivity index (χ2v) is 4.41. The first-order chi connectivity index (χ1) is 7.90. The van der Waals surface area contributed by atoms with Gasteiger partial charge in [0.15, 0.2) is 0 Å². The molecule has 6 N–H and O–H groups in total. The fourth-order valence-corrected chi connectivity index (χ4v) is 1.79. The van der Waals surface area contributed by atoms with Crippen molar-refractivity contribution in [3.8, 4) is 0 Å². The lowest BCUT2D eigenvalue weighted by Gasteiger charge is -2.23. The Morgan fingerprint density at radius 1 is 1.18 bits per heavy atom. The molecular weight excluding hydrogens is 288 g/mol. The van der Waals surface area contributed by atoms with Gasteiger partial charge in [-0.1, -0.05) is 15.9 Å². The molecule has 0 heterocycles. The first kappa shape index (κ1) is 13.3. The van der Waals surface area contributed by atoms with Gasteiger partial charge in [0.05, 0.1) is 24.5 Å². The van der Waals surface area contributed by atoms with Crippen LogP contribution in [0, 0.1) is 0 Å². The van der Waals surface area contributed by atoms with Crippen LogP contribution in [-0.2, 0) is 9.59 Å². The number of rotatable bonds is 5. The average Bonchev–Trinajstić information content (AvgIpc) is 2.14. The van der Waals surface area contributed by atoms with Crippen LogP contribution in [0.15, 0.2) is 22.7 Å². The molecule has 17 heavy (non-hydrogen) atoms. The topological polar surface area (TPSA) is 115 Å². The van der Waals surface area contributed by atoms with Crippen molar-refractivity contribution in [3.63, 3.8) is 0 Å². The van der Waals surface area contributed by atoms with Crippen molar-refractivity contribution in [1.29, 1.82) is 0 Å². The molecule has 1 aromatic rings. The molecule has 92 valence electrons. The van der Waals surface area contributed by atoms with Crippen LogP contribution in [0.1, 0.15) is 0 Å². The van der Waals surface area contributed by atoms with Crippen LogP contribution in [0.25, 0.3) is 0 Å². The summed E-state index contributed by atoms with van der Waals surface area (Å²) >= 11 is 3.27. The van der Waals surface area contributed by atoms with E-state index in [1.54, 1.807) is 18.2 Å². The van der Waals surface area contributed by atoms with E-state index in [2.05, 4.69) is 15.9 Å². The van der Waals surface area contributed by atoms with Crippen LogP contribution in [0.4, 0.5) is 11.4 Å². The zero-order chi connectivity index (χ0) is 13.0. The molecule has 0 atom stereocenters. The van der Waals surface area contributed by atoms with Gasteiger partial charge in [-0.2, -0.15) is 0 Å². The van der Waals surface area contributed by atoms with E-state index in [0.29, 0.717) is 11.4 Å². The monoisotopic (exact) mass is 300 g/mol. The minimum atomic E-state index is -0.562. The summed E-state index contributed by atoms with van der Waals surface area (Å²) in [5, 5.41) is 0. The van der Waals surface area contributed by atoms with Gasteiger partial charge in [0.2, 0.25) is 11.8 Å². The second-order valence-electron chi connectivity index (χ2n) is 3.49. The number of hydrogen-bond acceptors (Lipinski definition) is 4. The van der Waals surface area contributed by atoms with Gasteiger partial charge < -0.3 is 22.1 Å². The number of primary amides is 2. The Morgan fingerprint density at radius 3 is 2.12 bits per heavy atom. The summed E-state index contributed by atoms with van der Waals surface area (Å²) in [5.41, 5.74) is 17.0. The van der Waals surface area contributed by atoms with Gasteiger partial charge in [-0.3, -0.25) is 9.59 Å². The minimum Gasteiger partial charge on any atom is -0.397 e. The highest BCUT2D eigenvalue weighted by molar-refractivity contribution is 9.10. The maximum atomic E-state index is 10.9. The Morgan fingerprint density at radius 2 is 1.71 bits per heavy atom. The number of carbonyl (C=O) groups is 2. The number of hydrogen-bond donors (Lipinski definition) is 3. The van der Waals surface area contributed by atoms with Crippen molar-refractivity contribution < 1.29 is 9.59 Å². The average molecular weight is 301 g/mol. The summed E-state index contributed by atoms with van der Waals surface area (Å²) in [6.07, 6.45) is 0. The third-order valence-corrected chi connectivity index (χ3v) is 2.52. The van der Waals surface area contributed by atoms with Gasteiger partial charge in [-0.15, -0.1) is 0 Å². The molecule has 0 saturated heterocycles. The first-order valence-corrected chi connectivity index (χ1v) is 5.56. The molecule has 1 rings (SSSR count). The third-order valence-electron chi connectivity index (χ3n) is 2.02. The van der Waals surface area contributed by atoms with Crippen LogP contribution in [-0.4, -0.2) is 24.9 Å². The molecule has 0 aliphatic heterocycles. The molecule has 0 bridgehead atoms. The number of carbonyl (C=O) groups excluding carboxylic acids is 2. The number of nitrogens with zero attached hydrogens (tertiary/aromatic N) is 1. The molecule has 0 spiro atoms. The smallest absolute Gasteiger partial charge is 0.236 e. The molecule has 2 amide bonds. The Kier molecular flexibility index (Phi) is 4.33. The Bertz CT molecular complexity index is 434. The lowest BCUT2D eigenvalue weighted by Crippen LogP contribution is -2.40. The molecule has 0 unspecified atom stereocenters. The number of anilines is 2. The Balaban J connectivity index is 3.02. The minimum absolute atomic E-state index is 0.116. The molecule has 0 aliphatic rings. The van der Waals surface area contributed by atoms with E-state index < -0.39 is 11.8 Å². The molecule has 6 nitrogen and oxygen atoms in total. The van der Waals surface area contributed by atoms with Gasteiger partial charge in [-0.05, 0) is 18.2 Å². The fraction of sp³-hybridized carbons (Fsp3) is 0.200. The SMILES string of the molecule is NC(=O)CN(CC(N)=O)c1ccc(Br)cc1N. The maximum Gasteiger partial charge on any atom is 0.236 e. The summed E-state index contributed by atoms with van der Waals surface area (Å²) in [6, 6.07) is 5.11. The van der Waals surface area contributed by atoms with Gasteiger partial charge >= 0.3 is 0 Å². The largest absolute Gasteiger partial charge is 0.397 e. The lowest BCUT2D eigenvalue weighted by atomic mass is 10.2. The second kappa shape index (κ2) is 5.53. The van der Waals surface area contributed by atoms with Gasteiger partial charge in [0, 0.05) is 4.47 Å². The highest BCUT2D eigenvalue weighted by Gasteiger charge is 2.14. The predicted molar refractivity (Wildman–Crippen MR) is 69.2 cm³/mol.